The van der Waals surface area contributed by atoms with Crippen molar-refractivity contribution in [2.24, 2.45) is 0 Å². The number of halogens is 2. The first-order chi connectivity index (χ1) is 15.6. The molecule has 174 valence electrons. The lowest BCUT2D eigenvalue weighted by atomic mass is 10.2. The minimum absolute atomic E-state index is 0.0783. The standard InChI is InChI=1S/C23H22BrClN2O5S/c1-15-4-10-18(11-5-15)33(29,30)27(17-8-6-16(24)7-9-17)14-23(28)26-20-13-21(31-2)19(25)12-22(20)32-3/h4-13H,14H2,1-3H3,(H,26,28). The maximum absolute atomic E-state index is 13.5. The summed E-state index contributed by atoms with van der Waals surface area (Å²) in [7, 11) is -1.14. The number of nitrogens with one attached hydrogen (secondary N) is 1. The Balaban J connectivity index is 1.96. The van der Waals surface area contributed by atoms with Crippen LogP contribution in [0.4, 0.5) is 11.4 Å². The fourth-order valence-corrected chi connectivity index (χ4v) is 4.95. The molecule has 1 amide bonds. The number of carbonyl (C=O) groups is 1. The molecule has 0 heterocycles. The zero-order valence-corrected chi connectivity index (χ0v) is 21.3. The van der Waals surface area contributed by atoms with E-state index in [0.717, 1.165) is 14.3 Å². The molecule has 0 saturated carbocycles. The van der Waals surface area contributed by atoms with Crippen molar-refractivity contribution in [3.8, 4) is 11.5 Å². The fraction of sp³-hybridized carbons (Fsp3) is 0.174. The number of hydrogen-bond donors (Lipinski definition) is 1. The maximum atomic E-state index is 13.5. The number of benzene rings is 3. The molecular weight excluding hydrogens is 532 g/mol. The first-order valence-corrected chi connectivity index (χ1v) is 12.3. The van der Waals surface area contributed by atoms with Crippen LogP contribution in [-0.2, 0) is 14.8 Å². The van der Waals surface area contributed by atoms with Crippen molar-refractivity contribution in [2.45, 2.75) is 11.8 Å². The van der Waals surface area contributed by atoms with E-state index in [0.29, 0.717) is 27.9 Å². The van der Waals surface area contributed by atoms with Gasteiger partial charge in [0.05, 0.1) is 35.5 Å². The summed E-state index contributed by atoms with van der Waals surface area (Å²) in [6.45, 7) is 1.40. The van der Waals surface area contributed by atoms with Crippen LogP contribution in [0.5, 0.6) is 11.5 Å². The molecule has 3 aromatic carbocycles. The van der Waals surface area contributed by atoms with E-state index in [9.17, 15) is 13.2 Å². The summed E-state index contributed by atoms with van der Waals surface area (Å²) >= 11 is 9.47. The van der Waals surface area contributed by atoms with Gasteiger partial charge in [-0.2, -0.15) is 0 Å². The summed E-state index contributed by atoms with van der Waals surface area (Å²) in [5.74, 6) is 0.0758. The van der Waals surface area contributed by atoms with Gasteiger partial charge in [0.15, 0.2) is 0 Å². The normalized spacial score (nSPS) is 11.1. The van der Waals surface area contributed by atoms with E-state index in [1.165, 1.54) is 38.5 Å². The lowest BCUT2D eigenvalue weighted by Gasteiger charge is -2.24. The number of aryl methyl sites for hydroxylation is 1. The summed E-state index contributed by atoms with van der Waals surface area (Å²) < 4.78 is 39.2. The van der Waals surface area contributed by atoms with Crippen molar-refractivity contribution >= 4 is 54.8 Å². The molecule has 7 nitrogen and oxygen atoms in total. The minimum Gasteiger partial charge on any atom is -0.495 e. The number of hydrogen-bond acceptors (Lipinski definition) is 5. The molecule has 10 heteroatoms. The second kappa shape index (κ2) is 10.5. The summed E-state index contributed by atoms with van der Waals surface area (Å²) in [6, 6.07) is 16.1. The molecular formula is C23H22BrClN2O5S. The van der Waals surface area contributed by atoms with Crippen LogP contribution in [-0.4, -0.2) is 35.1 Å². The monoisotopic (exact) mass is 552 g/mol. The van der Waals surface area contributed by atoms with Crippen LogP contribution in [0, 0.1) is 6.92 Å². The topological polar surface area (TPSA) is 84.9 Å². The van der Waals surface area contributed by atoms with Gasteiger partial charge in [0.25, 0.3) is 10.0 Å². The molecule has 0 radical (unpaired) electrons. The van der Waals surface area contributed by atoms with Crippen molar-refractivity contribution in [2.75, 3.05) is 30.4 Å². The molecule has 0 spiro atoms. The summed E-state index contributed by atoms with van der Waals surface area (Å²) in [5.41, 5.74) is 1.56. The number of nitrogens with zero attached hydrogens (tertiary/aromatic N) is 1. The highest BCUT2D eigenvalue weighted by molar-refractivity contribution is 9.10. The maximum Gasteiger partial charge on any atom is 0.264 e. The molecule has 0 aliphatic rings. The zero-order chi connectivity index (χ0) is 24.2. The second-order valence-corrected chi connectivity index (χ2v) is 10.2. The predicted octanol–water partition coefficient (Wildman–Crippen LogP) is 5.26. The van der Waals surface area contributed by atoms with Crippen LogP contribution in [0.15, 0.2) is 70.0 Å². The number of rotatable bonds is 8. The van der Waals surface area contributed by atoms with Crippen LogP contribution in [0.2, 0.25) is 5.02 Å². The number of carbonyl (C=O) groups excluding carboxylic acids is 1. The number of ether oxygens (including phenoxy) is 2. The second-order valence-electron chi connectivity index (χ2n) is 7.04. The molecule has 3 rings (SSSR count). The van der Waals surface area contributed by atoms with E-state index < -0.39 is 22.5 Å². The van der Waals surface area contributed by atoms with E-state index in [1.54, 1.807) is 36.4 Å². The molecule has 0 aliphatic heterocycles. The average molecular weight is 554 g/mol. The Bertz CT molecular complexity index is 1250. The lowest BCUT2D eigenvalue weighted by Crippen LogP contribution is -2.38. The Hall–Kier alpha value is -2.75. The minimum atomic E-state index is -4.03. The number of sulfonamides is 1. The van der Waals surface area contributed by atoms with Gasteiger partial charge in [-0.15, -0.1) is 0 Å². The van der Waals surface area contributed by atoms with E-state index in [-0.39, 0.29) is 4.90 Å². The van der Waals surface area contributed by atoms with Gasteiger partial charge >= 0.3 is 0 Å². The molecule has 0 fully saturated rings. The number of methoxy groups -OCH3 is 2. The fourth-order valence-electron chi connectivity index (χ4n) is 3.04. The van der Waals surface area contributed by atoms with Gasteiger partial charge in [-0.25, -0.2) is 8.42 Å². The largest absolute Gasteiger partial charge is 0.495 e. The van der Waals surface area contributed by atoms with Crippen LogP contribution >= 0.6 is 27.5 Å². The van der Waals surface area contributed by atoms with E-state index in [4.69, 9.17) is 21.1 Å². The third kappa shape index (κ3) is 5.79. The summed E-state index contributed by atoms with van der Waals surface area (Å²) in [5, 5.41) is 3.00. The number of amides is 1. The summed E-state index contributed by atoms with van der Waals surface area (Å²) in [6.07, 6.45) is 0. The highest BCUT2D eigenvalue weighted by Crippen LogP contribution is 2.36. The Labute approximate surface area is 206 Å². The first kappa shape index (κ1) is 24.9. The molecule has 0 saturated heterocycles. The highest BCUT2D eigenvalue weighted by Gasteiger charge is 2.27. The molecule has 0 unspecified atom stereocenters. The molecule has 0 aromatic heterocycles. The van der Waals surface area contributed by atoms with Crippen LogP contribution in [0.25, 0.3) is 0 Å². The van der Waals surface area contributed by atoms with Crippen molar-refractivity contribution in [1.82, 2.24) is 0 Å². The predicted molar refractivity (Wildman–Crippen MR) is 133 cm³/mol. The average Bonchev–Trinajstić information content (AvgIpc) is 2.79. The SMILES string of the molecule is COc1cc(NC(=O)CN(c2ccc(Br)cc2)S(=O)(=O)c2ccc(C)cc2)c(OC)cc1Cl. The van der Waals surface area contributed by atoms with E-state index in [2.05, 4.69) is 21.2 Å². The van der Waals surface area contributed by atoms with Crippen molar-refractivity contribution in [3.05, 3.63) is 75.7 Å². The van der Waals surface area contributed by atoms with Gasteiger partial charge in [0.1, 0.15) is 18.0 Å². The van der Waals surface area contributed by atoms with Gasteiger partial charge in [0.2, 0.25) is 5.91 Å². The third-order valence-corrected chi connectivity index (χ3v) is 7.37. The van der Waals surface area contributed by atoms with E-state index >= 15 is 0 Å². The lowest BCUT2D eigenvalue weighted by molar-refractivity contribution is -0.114. The van der Waals surface area contributed by atoms with Gasteiger partial charge in [-0.1, -0.05) is 45.2 Å². The van der Waals surface area contributed by atoms with Gasteiger partial charge < -0.3 is 14.8 Å². The van der Waals surface area contributed by atoms with Crippen LogP contribution < -0.4 is 19.1 Å². The third-order valence-electron chi connectivity index (χ3n) is 4.76. The molecule has 3 aromatic rings. The molecule has 0 atom stereocenters. The quantitative estimate of drug-likeness (QED) is 0.411. The van der Waals surface area contributed by atoms with Crippen molar-refractivity contribution < 1.29 is 22.7 Å². The zero-order valence-electron chi connectivity index (χ0n) is 18.1. The van der Waals surface area contributed by atoms with Crippen molar-refractivity contribution in [3.63, 3.8) is 0 Å². The van der Waals surface area contributed by atoms with Gasteiger partial charge in [-0.3, -0.25) is 9.10 Å². The first-order valence-electron chi connectivity index (χ1n) is 9.72. The molecule has 33 heavy (non-hydrogen) atoms. The highest BCUT2D eigenvalue weighted by atomic mass is 79.9. The molecule has 0 aliphatic carbocycles. The Morgan fingerprint density at radius 3 is 2.18 bits per heavy atom. The number of anilines is 2. The van der Waals surface area contributed by atoms with E-state index in [1.807, 2.05) is 6.92 Å². The Kier molecular flexibility index (Phi) is 7.88. The van der Waals surface area contributed by atoms with Crippen LogP contribution in [0.3, 0.4) is 0 Å². The van der Waals surface area contributed by atoms with Gasteiger partial charge in [0, 0.05) is 16.6 Å². The summed E-state index contributed by atoms with van der Waals surface area (Å²) in [4.78, 5) is 13.1. The van der Waals surface area contributed by atoms with Crippen molar-refractivity contribution in [1.29, 1.82) is 0 Å². The molecule has 0 bridgehead atoms. The van der Waals surface area contributed by atoms with Gasteiger partial charge in [-0.05, 0) is 43.3 Å². The Morgan fingerprint density at radius 2 is 1.61 bits per heavy atom. The smallest absolute Gasteiger partial charge is 0.264 e. The molecule has 1 N–H and O–H groups in total. The van der Waals surface area contributed by atoms with Crippen LogP contribution in [0.1, 0.15) is 5.56 Å². The Morgan fingerprint density at radius 1 is 1.00 bits per heavy atom.